The van der Waals surface area contributed by atoms with Gasteiger partial charge in [-0.3, -0.25) is 4.98 Å². The highest BCUT2D eigenvalue weighted by molar-refractivity contribution is 5.91. The predicted octanol–water partition coefficient (Wildman–Crippen LogP) is 3.71. The van der Waals surface area contributed by atoms with Crippen molar-refractivity contribution in [3.05, 3.63) is 71.9 Å². The number of benzene rings is 1. The first-order valence-electron chi connectivity index (χ1n) is 8.20. The minimum Gasteiger partial charge on any atom is -0.465 e. The second kappa shape index (κ2) is 8.22. The van der Waals surface area contributed by atoms with Gasteiger partial charge in [-0.05, 0) is 36.8 Å². The SMILES string of the molecule is COC(=O)c1cc(Nc2cnccn2)nc(N[C@@H](C)c2ccc(F)cc2)c1. The molecule has 0 saturated heterocycles. The summed E-state index contributed by atoms with van der Waals surface area (Å²) in [5.74, 6) is 0.571. The predicted molar refractivity (Wildman–Crippen MR) is 99.3 cm³/mol. The number of nitrogens with one attached hydrogen (secondary N) is 2. The maximum absolute atomic E-state index is 13.1. The number of nitrogens with zero attached hydrogens (tertiary/aromatic N) is 3. The molecule has 138 valence electrons. The Balaban J connectivity index is 1.87. The Bertz CT molecular complexity index is 919. The van der Waals surface area contributed by atoms with Crippen LogP contribution in [0.25, 0.3) is 0 Å². The molecule has 0 unspecified atom stereocenters. The van der Waals surface area contributed by atoms with Gasteiger partial charge in [-0.2, -0.15) is 0 Å². The Morgan fingerprint density at radius 1 is 1.11 bits per heavy atom. The van der Waals surface area contributed by atoms with E-state index in [1.807, 2.05) is 6.92 Å². The van der Waals surface area contributed by atoms with Gasteiger partial charge in [0.15, 0.2) is 0 Å². The van der Waals surface area contributed by atoms with Crippen molar-refractivity contribution in [3.63, 3.8) is 0 Å². The summed E-state index contributed by atoms with van der Waals surface area (Å²) in [6.07, 6.45) is 4.64. The van der Waals surface area contributed by atoms with Gasteiger partial charge in [0.1, 0.15) is 23.3 Å². The lowest BCUT2D eigenvalue weighted by molar-refractivity contribution is 0.0600. The monoisotopic (exact) mass is 367 g/mol. The first-order valence-corrected chi connectivity index (χ1v) is 8.20. The lowest BCUT2D eigenvalue weighted by Crippen LogP contribution is -2.11. The van der Waals surface area contributed by atoms with Crippen molar-refractivity contribution in [1.82, 2.24) is 15.0 Å². The average molecular weight is 367 g/mol. The largest absolute Gasteiger partial charge is 0.465 e. The number of anilines is 3. The Kier molecular flexibility index (Phi) is 5.55. The van der Waals surface area contributed by atoms with Crippen molar-refractivity contribution >= 4 is 23.4 Å². The van der Waals surface area contributed by atoms with Gasteiger partial charge in [0.05, 0.1) is 18.9 Å². The molecule has 0 bridgehead atoms. The number of hydrogen-bond acceptors (Lipinski definition) is 7. The fourth-order valence-corrected chi connectivity index (χ4v) is 2.46. The van der Waals surface area contributed by atoms with E-state index in [4.69, 9.17) is 4.74 Å². The van der Waals surface area contributed by atoms with Crippen molar-refractivity contribution < 1.29 is 13.9 Å². The summed E-state index contributed by atoms with van der Waals surface area (Å²) in [5, 5.41) is 6.21. The fourth-order valence-electron chi connectivity index (χ4n) is 2.46. The van der Waals surface area contributed by atoms with Crippen LogP contribution in [0.1, 0.15) is 28.9 Å². The number of aromatic nitrogens is 3. The smallest absolute Gasteiger partial charge is 0.338 e. The van der Waals surface area contributed by atoms with Crippen molar-refractivity contribution in [2.24, 2.45) is 0 Å². The molecule has 0 spiro atoms. The fraction of sp³-hybridized carbons (Fsp3) is 0.158. The quantitative estimate of drug-likeness (QED) is 0.642. The lowest BCUT2D eigenvalue weighted by atomic mass is 10.1. The van der Waals surface area contributed by atoms with E-state index < -0.39 is 5.97 Å². The standard InChI is InChI=1S/C19H18FN5O2/c1-12(13-3-5-15(20)6-4-13)23-16-9-14(19(26)27-2)10-17(24-16)25-18-11-21-7-8-22-18/h3-12H,1-2H3,(H2,22,23,24,25)/t12-/m0/s1. The normalized spacial score (nSPS) is 11.5. The van der Waals surface area contributed by atoms with Gasteiger partial charge in [-0.1, -0.05) is 12.1 Å². The van der Waals surface area contributed by atoms with Gasteiger partial charge < -0.3 is 15.4 Å². The molecule has 0 aliphatic heterocycles. The lowest BCUT2D eigenvalue weighted by Gasteiger charge is -2.17. The van der Waals surface area contributed by atoms with Crippen LogP contribution in [0.3, 0.4) is 0 Å². The zero-order chi connectivity index (χ0) is 19.2. The number of ether oxygens (including phenoxy) is 1. The average Bonchev–Trinajstić information content (AvgIpc) is 2.68. The van der Waals surface area contributed by atoms with Crippen LogP contribution in [-0.4, -0.2) is 28.0 Å². The van der Waals surface area contributed by atoms with E-state index in [9.17, 15) is 9.18 Å². The summed E-state index contributed by atoms with van der Waals surface area (Å²) >= 11 is 0. The molecule has 8 heteroatoms. The minimum absolute atomic E-state index is 0.157. The Hall–Kier alpha value is -3.55. The molecule has 1 aromatic carbocycles. The number of hydrogen-bond donors (Lipinski definition) is 2. The van der Waals surface area contributed by atoms with E-state index in [1.54, 1.807) is 42.9 Å². The molecule has 0 amide bonds. The van der Waals surface area contributed by atoms with E-state index in [2.05, 4.69) is 25.6 Å². The Morgan fingerprint density at radius 3 is 2.52 bits per heavy atom. The summed E-state index contributed by atoms with van der Waals surface area (Å²) < 4.78 is 17.9. The minimum atomic E-state index is -0.489. The molecular formula is C19H18FN5O2. The zero-order valence-electron chi connectivity index (χ0n) is 14.8. The topological polar surface area (TPSA) is 89.0 Å². The molecule has 3 rings (SSSR count). The second-order valence-corrected chi connectivity index (χ2v) is 5.75. The molecule has 1 atom stereocenters. The van der Waals surface area contributed by atoms with E-state index in [1.165, 1.54) is 19.2 Å². The molecule has 27 heavy (non-hydrogen) atoms. The van der Waals surface area contributed by atoms with Gasteiger partial charge in [0.2, 0.25) is 0 Å². The highest BCUT2D eigenvalue weighted by Gasteiger charge is 2.13. The molecule has 0 aliphatic carbocycles. The maximum atomic E-state index is 13.1. The molecule has 0 radical (unpaired) electrons. The van der Waals surface area contributed by atoms with Crippen LogP contribution in [-0.2, 0) is 4.74 Å². The molecular weight excluding hydrogens is 349 g/mol. The summed E-state index contributed by atoms with van der Waals surface area (Å²) in [6.45, 7) is 1.91. The highest BCUT2D eigenvalue weighted by atomic mass is 19.1. The van der Waals surface area contributed by atoms with Crippen molar-refractivity contribution in [1.29, 1.82) is 0 Å². The maximum Gasteiger partial charge on any atom is 0.338 e. The van der Waals surface area contributed by atoms with Crippen molar-refractivity contribution in [3.8, 4) is 0 Å². The number of rotatable bonds is 6. The summed E-state index contributed by atoms with van der Waals surface area (Å²) in [6, 6.07) is 9.17. The van der Waals surface area contributed by atoms with Crippen LogP contribution < -0.4 is 10.6 Å². The molecule has 0 saturated carbocycles. The molecule has 3 aromatic rings. The molecule has 7 nitrogen and oxygen atoms in total. The van der Waals surface area contributed by atoms with Crippen LogP contribution in [0.2, 0.25) is 0 Å². The van der Waals surface area contributed by atoms with Gasteiger partial charge in [-0.15, -0.1) is 0 Å². The third kappa shape index (κ3) is 4.75. The van der Waals surface area contributed by atoms with E-state index in [0.29, 0.717) is 23.0 Å². The molecule has 2 N–H and O–H groups in total. The van der Waals surface area contributed by atoms with Crippen LogP contribution in [0.5, 0.6) is 0 Å². The van der Waals surface area contributed by atoms with Gasteiger partial charge >= 0.3 is 5.97 Å². The van der Waals surface area contributed by atoms with Crippen molar-refractivity contribution in [2.45, 2.75) is 13.0 Å². The van der Waals surface area contributed by atoms with Crippen LogP contribution in [0, 0.1) is 5.82 Å². The van der Waals surface area contributed by atoms with E-state index in [-0.39, 0.29) is 11.9 Å². The molecule has 2 heterocycles. The third-order valence-electron chi connectivity index (χ3n) is 3.80. The van der Waals surface area contributed by atoms with Gasteiger partial charge in [-0.25, -0.2) is 19.2 Å². The Labute approximate surface area is 155 Å². The highest BCUT2D eigenvalue weighted by Crippen LogP contribution is 2.22. The second-order valence-electron chi connectivity index (χ2n) is 5.75. The number of carbonyl (C=O) groups excluding carboxylic acids is 1. The number of pyridine rings is 1. The number of halogens is 1. The van der Waals surface area contributed by atoms with Crippen LogP contribution in [0.4, 0.5) is 21.8 Å². The molecule has 0 aliphatic rings. The van der Waals surface area contributed by atoms with E-state index in [0.717, 1.165) is 5.56 Å². The number of methoxy groups -OCH3 is 1. The number of esters is 1. The van der Waals surface area contributed by atoms with Crippen LogP contribution >= 0.6 is 0 Å². The first-order chi connectivity index (χ1) is 13.0. The van der Waals surface area contributed by atoms with Crippen LogP contribution in [0.15, 0.2) is 55.0 Å². The summed E-state index contributed by atoms with van der Waals surface area (Å²) in [7, 11) is 1.31. The third-order valence-corrected chi connectivity index (χ3v) is 3.80. The molecule has 0 fully saturated rings. The Morgan fingerprint density at radius 2 is 1.85 bits per heavy atom. The van der Waals surface area contributed by atoms with Gasteiger partial charge in [0, 0.05) is 18.4 Å². The summed E-state index contributed by atoms with van der Waals surface area (Å²) in [4.78, 5) is 24.6. The van der Waals surface area contributed by atoms with Crippen molar-refractivity contribution in [2.75, 3.05) is 17.7 Å². The van der Waals surface area contributed by atoms with E-state index >= 15 is 0 Å². The zero-order valence-corrected chi connectivity index (χ0v) is 14.8. The first kappa shape index (κ1) is 18.2. The molecule has 2 aromatic heterocycles. The van der Waals surface area contributed by atoms with Gasteiger partial charge in [0.25, 0.3) is 0 Å². The summed E-state index contributed by atoms with van der Waals surface area (Å²) in [5.41, 5.74) is 1.21. The number of carbonyl (C=O) groups is 1.